The van der Waals surface area contributed by atoms with Gasteiger partial charge in [0.05, 0.1) is 16.9 Å². The van der Waals surface area contributed by atoms with Gasteiger partial charge in [-0.05, 0) is 24.1 Å². The van der Waals surface area contributed by atoms with Crippen LogP contribution in [0.4, 0.5) is 0 Å². The number of benzene rings is 1. The number of carbonyl (C=O) groups excluding carboxylic acids is 1. The Morgan fingerprint density at radius 1 is 1.53 bits per heavy atom. The minimum atomic E-state index is -0.451. The summed E-state index contributed by atoms with van der Waals surface area (Å²) in [6, 6.07) is 5.28. The molecule has 0 aliphatic carbocycles. The molecule has 0 aliphatic heterocycles. The predicted molar refractivity (Wildman–Crippen MR) is 80.1 cm³/mol. The molecule has 1 aromatic carbocycles. The molecule has 1 amide bonds. The predicted octanol–water partition coefficient (Wildman–Crippen LogP) is 3.22. The Morgan fingerprint density at radius 3 is 2.74 bits per heavy atom. The molecular weight excluding hydrogens is 330 g/mol. The Balaban J connectivity index is 2.74. The van der Waals surface area contributed by atoms with Crippen LogP contribution in [0.15, 0.2) is 22.7 Å². The minimum Gasteiger partial charge on any atom is -0.368 e. The van der Waals surface area contributed by atoms with Gasteiger partial charge >= 0.3 is 0 Å². The van der Waals surface area contributed by atoms with E-state index in [1.165, 1.54) is 0 Å². The van der Waals surface area contributed by atoms with Gasteiger partial charge in [0.2, 0.25) is 5.91 Å². The molecule has 102 valence electrons. The molecule has 0 spiro atoms. The first-order chi connectivity index (χ1) is 8.95. The second-order valence-electron chi connectivity index (χ2n) is 4.76. The van der Waals surface area contributed by atoms with Gasteiger partial charge in [-0.2, -0.15) is 0 Å². The molecule has 6 heteroatoms. The molecule has 1 unspecified atom stereocenters. The summed E-state index contributed by atoms with van der Waals surface area (Å²) in [6.07, 6.45) is 0. The smallest absolute Gasteiger partial charge is 0.240 e. The number of imidazole rings is 1. The Kier molecular flexibility index (Phi) is 4.16. The van der Waals surface area contributed by atoms with Gasteiger partial charge in [-0.25, -0.2) is 4.98 Å². The van der Waals surface area contributed by atoms with Crippen LogP contribution in [0.5, 0.6) is 0 Å². The lowest BCUT2D eigenvalue weighted by Gasteiger charge is -2.21. The fourth-order valence-electron chi connectivity index (χ4n) is 2.27. The third kappa shape index (κ3) is 2.62. The molecule has 0 radical (unpaired) electrons. The van der Waals surface area contributed by atoms with Crippen LogP contribution in [-0.2, 0) is 10.7 Å². The second kappa shape index (κ2) is 5.51. The average molecular weight is 345 g/mol. The zero-order valence-corrected chi connectivity index (χ0v) is 13.1. The summed E-state index contributed by atoms with van der Waals surface area (Å²) in [5.41, 5.74) is 7.21. The van der Waals surface area contributed by atoms with Crippen LogP contribution >= 0.6 is 27.5 Å². The van der Waals surface area contributed by atoms with Crippen LogP contribution in [0, 0.1) is 5.92 Å². The van der Waals surface area contributed by atoms with Crippen LogP contribution in [0.3, 0.4) is 0 Å². The standard InChI is InChI=1S/C13H15BrClN3O/c1-7(2)12(13(16)19)18-10-5-8(14)3-4-9(10)17-11(18)6-15/h3-5,7,12H,6H2,1-2H3,(H2,16,19). The zero-order chi connectivity index (χ0) is 14.2. The van der Waals surface area contributed by atoms with Gasteiger partial charge in [0, 0.05) is 4.47 Å². The Labute approximate surface area is 125 Å². The zero-order valence-electron chi connectivity index (χ0n) is 10.7. The van der Waals surface area contributed by atoms with Gasteiger partial charge in [0.15, 0.2) is 0 Å². The second-order valence-corrected chi connectivity index (χ2v) is 5.94. The summed E-state index contributed by atoms with van der Waals surface area (Å²) < 4.78 is 2.77. The highest BCUT2D eigenvalue weighted by Gasteiger charge is 2.26. The van der Waals surface area contributed by atoms with Gasteiger partial charge < -0.3 is 10.3 Å². The van der Waals surface area contributed by atoms with E-state index in [-0.39, 0.29) is 17.7 Å². The maximum atomic E-state index is 11.8. The van der Waals surface area contributed by atoms with E-state index in [0.717, 1.165) is 15.5 Å². The van der Waals surface area contributed by atoms with Crippen LogP contribution < -0.4 is 5.73 Å². The number of hydrogen-bond donors (Lipinski definition) is 1. The number of alkyl halides is 1. The lowest BCUT2D eigenvalue weighted by molar-refractivity contribution is -0.122. The molecule has 2 N–H and O–H groups in total. The highest BCUT2D eigenvalue weighted by molar-refractivity contribution is 9.10. The molecule has 0 aliphatic rings. The van der Waals surface area contributed by atoms with Gasteiger partial charge in [0.25, 0.3) is 0 Å². The number of carbonyl (C=O) groups is 1. The van der Waals surface area contributed by atoms with Gasteiger partial charge in [-0.1, -0.05) is 29.8 Å². The summed E-state index contributed by atoms with van der Waals surface area (Å²) in [5, 5.41) is 0. The van der Waals surface area contributed by atoms with E-state index < -0.39 is 6.04 Å². The van der Waals surface area contributed by atoms with Crippen molar-refractivity contribution in [2.24, 2.45) is 11.7 Å². The number of nitrogens with zero attached hydrogens (tertiary/aromatic N) is 2. The monoisotopic (exact) mass is 343 g/mol. The van der Waals surface area contributed by atoms with Crippen LogP contribution in [0.2, 0.25) is 0 Å². The topological polar surface area (TPSA) is 60.9 Å². The lowest BCUT2D eigenvalue weighted by Crippen LogP contribution is -2.31. The number of primary amides is 1. The van der Waals surface area contributed by atoms with E-state index in [0.29, 0.717) is 5.82 Å². The van der Waals surface area contributed by atoms with Crippen molar-refractivity contribution < 1.29 is 4.79 Å². The van der Waals surface area contributed by atoms with Crippen molar-refractivity contribution in [2.75, 3.05) is 0 Å². The van der Waals surface area contributed by atoms with Gasteiger partial charge in [-0.3, -0.25) is 4.79 Å². The molecule has 0 bridgehead atoms. The number of nitrogens with two attached hydrogens (primary N) is 1. The van der Waals surface area contributed by atoms with E-state index in [2.05, 4.69) is 20.9 Å². The number of fused-ring (bicyclic) bond motifs is 1. The van der Waals surface area contributed by atoms with Crippen LogP contribution in [0.25, 0.3) is 11.0 Å². The highest BCUT2D eigenvalue weighted by atomic mass is 79.9. The van der Waals surface area contributed by atoms with Crippen molar-refractivity contribution in [3.05, 3.63) is 28.5 Å². The molecule has 2 aromatic rings. The van der Waals surface area contributed by atoms with Crippen molar-refractivity contribution in [1.29, 1.82) is 0 Å². The third-order valence-electron chi connectivity index (χ3n) is 3.05. The molecule has 0 fully saturated rings. The summed E-state index contributed by atoms with van der Waals surface area (Å²) >= 11 is 9.38. The first kappa shape index (κ1) is 14.3. The number of amides is 1. The maximum Gasteiger partial charge on any atom is 0.240 e. The van der Waals surface area contributed by atoms with E-state index in [4.69, 9.17) is 17.3 Å². The summed E-state index contributed by atoms with van der Waals surface area (Å²) in [7, 11) is 0. The summed E-state index contributed by atoms with van der Waals surface area (Å²) in [6.45, 7) is 3.91. The van der Waals surface area contributed by atoms with Crippen LogP contribution in [0.1, 0.15) is 25.7 Å². The maximum absolute atomic E-state index is 11.8. The summed E-state index contributed by atoms with van der Waals surface area (Å²) in [4.78, 5) is 16.2. The van der Waals surface area contributed by atoms with Crippen LogP contribution in [-0.4, -0.2) is 15.5 Å². The molecule has 2 rings (SSSR count). The highest BCUT2D eigenvalue weighted by Crippen LogP contribution is 2.28. The van der Waals surface area contributed by atoms with E-state index >= 15 is 0 Å². The number of aromatic nitrogens is 2. The molecular formula is C13H15BrClN3O. The first-order valence-electron chi connectivity index (χ1n) is 5.97. The molecule has 1 atom stereocenters. The largest absolute Gasteiger partial charge is 0.368 e. The van der Waals surface area contributed by atoms with Gasteiger partial charge in [0.1, 0.15) is 11.9 Å². The quantitative estimate of drug-likeness (QED) is 0.866. The Bertz CT molecular complexity index is 624. The van der Waals surface area contributed by atoms with E-state index in [1.54, 1.807) is 0 Å². The molecule has 1 aromatic heterocycles. The number of hydrogen-bond acceptors (Lipinski definition) is 2. The average Bonchev–Trinajstić information content (AvgIpc) is 2.67. The van der Waals surface area contributed by atoms with Crippen molar-refractivity contribution in [3.63, 3.8) is 0 Å². The molecule has 0 saturated carbocycles. The number of halogens is 2. The fourth-order valence-corrected chi connectivity index (χ4v) is 2.81. The fraction of sp³-hybridized carbons (Fsp3) is 0.385. The Hall–Kier alpha value is -1.07. The lowest BCUT2D eigenvalue weighted by atomic mass is 10.0. The SMILES string of the molecule is CC(C)C(C(N)=O)n1c(CCl)nc2ccc(Br)cc21. The Morgan fingerprint density at radius 2 is 2.21 bits per heavy atom. The van der Waals surface area contributed by atoms with Crippen molar-refractivity contribution in [1.82, 2.24) is 9.55 Å². The van der Waals surface area contributed by atoms with Gasteiger partial charge in [-0.15, -0.1) is 11.6 Å². The third-order valence-corrected chi connectivity index (χ3v) is 3.78. The summed E-state index contributed by atoms with van der Waals surface area (Å²) in [5.74, 6) is 0.590. The van der Waals surface area contributed by atoms with E-state index in [1.807, 2.05) is 36.6 Å². The van der Waals surface area contributed by atoms with Crippen molar-refractivity contribution >= 4 is 44.5 Å². The van der Waals surface area contributed by atoms with E-state index in [9.17, 15) is 4.79 Å². The first-order valence-corrected chi connectivity index (χ1v) is 7.30. The minimum absolute atomic E-state index is 0.0656. The normalized spacial score (nSPS) is 13.1. The molecule has 19 heavy (non-hydrogen) atoms. The molecule has 4 nitrogen and oxygen atoms in total. The molecule has 0 saturated heterocycles. The molecule has 1 heterocycles. The van der Waals surface area contributed by atoms with Crippen molar-refractivity contribution in [2.45, 2.75) is 25.8 Å². The van der Waals surface area contributed by atoms with Crippen molar-refractivity contribution in [3.8, 4) is 0 Å². The number of rotatable bonds is 4.